The molecule has 5 heteroatoms. The predicted octanol–water partition coefficient (Wildman–Crippen LogP) is 3.32. The van der Waals surface area contributed by atoms with E-state index in [2.05, 4.69) is 64.2 Å². The van der Waals surface area contributed by atoms with E-state index in [9.17, 15) is 0 Å². The Morgan fingerprint density at radius 1 is 1.17 bits per heavy atom. The van der Waals surface area contributed by atoms with Crippen molar-refractivity contribution in [3.8, 4) is 0 Å². The molecule has 0 atom stereocenters. The normalized spacial score (nSPS) is 14.9. The molecule has 0 aliphatic carbocycles. The molecule has 23 heavy (non-hydrogen) atoms. The minimum Gasteiger partial charge on any atom is -0.362 e. The first-order chi connectivity index (χ1) is 11.2. The average Bonchev–Trinajstić information content (AvgIpc) is 2.93. The lowest BCUT2D eigenvalue weighted by Gasteiger charge is -2.27. The van der Waals surface area contributed by atoms with Gasteiger partial charge in [0.2, 0.25) is 0 Å². The molecule has 0 saturated heterocycles. The highest BCUT2D eigenvalue weighted by Crippen LogP contribution is 2.38. The maximum absolute atomic E-state index is 4.50. The largest absolute Gasteiger partial charge is 0.362 e. The fraction of sp³-hybridized carbons (Fsp3) is 0.333. The van der Waals surface area contributed by atoms with E-state index in [1.165, 1.54) is 21.4 Å². The standard InChI is InChI=1S/C18H20N4S/c1-21(2)17-16-14-8-9-22(10-13-6-4-3-5-7-13)11-15(14)23-18(16)20-12-19-17/h3-7,12H,8-11H2,1-2H3. The summed E-state index contributed by atoms with van der Waals surface area (Å²) in [6, 6.07) is 10.7. The van der Waals surface area contributed by atoms with Gasteiger partial charge in [0, 0.05) is 38.6 Å². The third kappa shape index (κ3) is 2.71. The van der Waals surface area contributed by atoms with Crippen LogP contribution in [0.25, 0.3) is 10.2 Å². The van der Waals surface area contributed by atoms with E-state index < -0.39 is 0 Å². The number of benzene rings is 1. The van der Waals surface area contributed by atoms with Gasteiger partial charge in [0.15, 0.2) is 0 Å². The van der Waals surface area contributed by atoms with Crippen molar-refractivity contribution in [2.75, 3.05) is 25.5 Å². The van der Waals surface area contributed by atoms with Gasteiger partial charge in [0.25, 0.3) is 0 Å². The molecule has 0 saturated carbocycles. The zero-order chi connectivity index (χ0) is 15.8. The summed E-state index contributed by atoms with van der Waals surface area (Å²) in [5, 5.41) is 1.26. The Hall–Kier alpha value is -1.98. The van der Waals surface area contributed by atoms with Crippen molar-refractivity contribution in [2.45, 2.75) is 19.5 Å². The van der Waals surface area contributed by atoms with Gasteiger partial charge >= 0.3 is 0 Å². The molecule has 0 bridgehead atoms. The maximum atomic E-state index is 4.50. The molecule has 1 aliphatic rings. The lowest BCUT2D eigenvalue weighted by Crippen LogP contribution is -2.29. The average molecular weight is 324 g/mol. The molecular weight excluding hydrogens is 304 g/mol. The highest BCUT2D eigenvalue weighted by atomic mass is 32.1. The van der Waals surface area contributed by atoms with Gasteiger partial charge in [-0.3, -0.25) is 4.90 Å². The van der Waals surface area contributed by atoms with Crippen molar-refractivity contribution in [3.05, 3.63) is 52.7 Å². The molecule has 0 spiro atoms. The Morgan fingerprint density at radius 2 is 2.00 bits per heavy atom. The Morgan fingerprint density at radius 3 is 2.78 bits per heavy atom. The van der Waals surface area contributed by atoms with Gasteiger partial charge in [-0.05, 0) is 17.5 Å². The molecule has 2 aromatic heterocycles. The fourth-order valence-corrected chi connectivity index (χ4v) is 4.50. The SMILES string of the molecule is CN(C)c1ncnc2sc3c(c12)CCN(Cc1ccccc1)C3. The zero-order valence-electron chi connectivity index (χ0n) is 13.5. The number of anilines is 1. The van der Waals surface area contributed by atoms with E-state index in [4.69, 9.17) is 0 Å². The van der Waals surface area contributed by atoms with Gasteiger partial charge in [-0.15, -0.1) is 11.3 Å². The van der Waals surface area contributed by atoms with Gasteiger partial charge in [0.05, 0.1) is 5.39 Å². The van der Waals surface area contributed by atoms with Crippen molar-refractivity contribution >= 4 is 27.4 Å². The molecule has 3 heterocycles. The Labute approximate surface area is 140 Å². The number of hydrogen-bond acceptors (Lipinski definition) is 5. The number of fused-ring (bicyclic) bond motifs is 3. The van der Waals surface area contributed by atoms with E-state index in [0.717, 1.165) is 36.7 Å². The summed E-state index contributed by atoms with van der Waals surface area (Å²) in [4.78, 5) is 16.2. The second-order valence-corrected chi connectivity index (χ2v) is 7.31. The van der Waals surface area contributed by atoms with Crippen LogP contribution in [-0.2, 0) is 19.5 Å². The first-order valence-corrected chi connectivity index (χ1v) is 8.73. The molecule has 0 amide bonds. The molecule has 4 nitrogen and oxygen atoms in total. The summed E-state index contributed by atoms with van der Waals surface area (Å²) in [5.74, 6) is 1.05. The summed E-state index contributed by atoms with van der Waals surface area (Å²) in [6.07, 6.45) is 2.76. The summed E-state index contributed by atoms with van der Waals surface area (Å²) in [6.45, 7) is 3.12. The van der Waals surface area contributed by atoms with Crippen LogP contribution in [-0.4, -0.2) is 35.5 Å². The van der Waals surface area contributed by atoms with Crippen molar-refractivity contribution in [2.24, 2.45) is 0 Å². The smallest absolute Gasteiger partial charge is 0.140 e. The highest BCUT2D eigenvalue weighted by molar-refractivity contribution is 7.18. The van der Waals surface area contributed by atoms with Crippen LogP contribution in [0, 0.1) is 0 Å². The van der Waals surface area contributed by atoms with E-state index in [-0.39, 0.29) is 0 Å². The molecular formula is C18H20N4S. The van der Waals surface area contributed by atoms with E-state index in [1.54, 1.807) is 6.33 Å². The molecule has 118 valence electrons. The van der Waals surface area contributed by atoms with Crippen molar-refractivity contribution in [1.82, 2.24) is 14.9 Å². The van der Waals surface area contributed by atoms with Crippen LogP contribution in [0.3, 0.4) is 0 Å². The number of hydrogen-bond donors (Lipinski definition) is 0. The van der Waals surface area contributed by atoms with Crippen LogP contribution in [0.5, 0.6) is 0 Å². The van der Waals surface area contributed by atoms with Gasteiger partial charge < -0.3 is 4.90 Å². The molecule has 0 radical (unpaired) electrons. The Bertz CT molecular complexity index is 826. The number of aromatic nitrogens is 2. The van der Waals surface area contributed by atoms with Crippen molar-refractivity contribution in [1.29, 1.82) is 0 Å². The molecule has 0 unspecified atom stereocenters. The first-order valence-electron chi connectivity index (χ1n) is 7.91. The number of rotatable bonds is 3. The summed E-state index contributed by atoms with van der Waals surface area (Å²) < 4.78 is 0. The van der Waals surface area contributed by atoms with E-state index in [1.807, 2.05) is 11.3 Å². The first kappa shape index (κ1) is 14.6. The van der Waals surface area contributed by atoms with Gasteiger partial charge in [-0.1, -0.05) is 30.3 Å². The summed E-state index contributed by atoms with van der Waals surface area (Å²) >= 11 is 1.83. The van der Waals surface area contributed by atoms with Crippen LogP contribution in [0.15, 0.2) is 36.7 Å². The Balaban J connectivity index is 1.66. The molecule has 0 N–H and O–H groups in total. The lowest BCUT2D eigenvalue weighted by atomic mass is 10.0. The van der Waals surface area contributed by atoms with Crippen molar-refractivity contribution < 1.29 is 0 Å². The summed E-state index contributed by atoms with van der Waals surface area (Å²) in [7, 11) is 4.10. The second kappa shape index (κ2) is 5.91. The maximum Gasteiger partial charge on any atom is 0.140 e. The van der Waals surface area contributed by atoms with Crippen molar-refractivity contribution in [3.63, 3.8) is 0 Å². The third-order valence-electron chi connectivity index (χ3n) is 4.37. The topological polar surface area (TPSA) is 32.3 Å². The molecule has 1 aliphatic heterocycles. The van der Waals surface area contributed by atoms with Crippen LogP contribution in [0.2, 0.25) is 0 Å². The van der Waals surface area contributed by atoms with Gasteiger partial charge in [0.1, 0.15) is 17.0 Å². The van der Waals surface area contributed by atoms with Crippen LogP contribution in [0.1, 0.15) is 16.0 Å². The molecule has 1 aromatic carbocycles. The van der Waals surface area contributed by atoms with Crippen LogP contribution < -0.4 is 4.90 Å². The summed E-state index contributed by atoms with van der Waals surface area (Å²) in [5.41, 5.74) is 2.84. The van der Waals surface area contributed by atoms with Gasteiger partial charge in [-0.2, -0.15) is 0 Å². The van der Waals surface area contributed by atoms with E-state index >= 15 is 0 Å². The number of nitrogens with zero attached hydrogens (tertiary/aromatic N) is 4. The monoisotopic (exact) mass is 324 g/mol. The minimum atomic E-state index is 1.01. The second-order valence-electron chi connectivity index (χ2n) is 6.22. The molecule has 3 aromatic rings. The Kier molecular flexibility index (Phi) is 3.75. The minimum absolute atomic E-state index is 1.01. The zero-order valence-corrected chi connectivity index (χ0v) is 14.3. The van der Waals surface area contributed by atoms with Crippen LogP contribution >= 0.6 is 11.3 Å². The predicted molar refractivity (Wildman–Crippen MR) is 96.0 cm³/mol. The van der Waals surface area contributed by atoms with Gasteiger partial charge in [-0.25, -0.2) is 9.97 Å². The highest BCUT2D eigenvalue weighted by Gasteiger charge is 2.24. The molecule has 0 fully saturated rings. The fourth-order valence-electron chi connectivity index (χ4n) is 3.28. The molecule has 4 rings (SSSR count). The van der Waals surface area contributed by atoms with E-state index in [0.29, 0.717) is 0 Å². The quantitative estimate of drug-likeness (QED) is 0.740. The van der Waals surface area contributed by atoms with Crippen LogP contribution in [0.4, 0.5) is 5.82 Å². The lowest BCUT2D eigenvalue weighted by molar-refractivity contribution is 0.249. The number of thiophene rings is 1. The third-order valence-corrected chi connectivity index (χ3v) is 5.49.